The first-order chi connectivity index (χ1) is 9.10. The van der Waals surface area contributed by atoms with Gasteiger partial charge in [-0.3, -0.25) is 9.59 Å². The first-order valence-electron chi connectivity index (χ1n) is 6.07. The van der Waals surface area contributed by atoms with E-state index in [0.29, 0.717) is 11.4 Å². The molecule has 2 rings (SSSR count). The molecule has 1 amide bonds. The molecule has 0 fully saturated rings. The van der Waals surface area contributed by atoms with Gasteiger partial charge in [0.05, 0.1) is 4.88 Å². The maximum absolute atomic E-state index is 12.0. The summed E-state index contributed by atoms with van der Waals surface area (Å²) in [5, 5.41) is 13.6. The molecule has 2 aromatic rings. The fourth-order valence-corrected chi connectivity index (χ4v) is 3.83. The average Bonchev–Trinajstić information content (AvgIpc) is 2.93. The zero-order chi connectivity index (χ0) is 13.8. The van der Waals surface area contributed by atoms with Crippen molar-refractivity contribution in [3.8, 4) is 0 Å². The van der Waals surface area contributed by atoms with Gasteiger partial charge < -0.3 is 10.4 Å². The maximum atomic E-state index is 12.0. The van der Waals surface area contributed by atoms with Gasteiger partial charge in [0, 0.05) is 22.4 Å². The smallest absolute Gasteiger partial charge is 0.303 e. The largest absolute Gasteiger partial charge is 0.481 e. The van der Waals surface area contributed by atoms with E-state index in [4.69, 9.17) is 5.11 Å². The van der Waals surface area contributed by atoms with Crippen molar-refractivity contribution >= 4 is 43.9 Å². The Kier molecular flexibility index (Phi) is 4.55. The third kappa shape index (κ3) is 3.54. The number of carboxylic acid groups (broad SMARTS) is 1. The van der Waals surface area contributed by atoms with Gasteiger partial charge in [-0.25, -0.2) is 0 Å². The van der Waals surface area contributed by atoms with Crippen LogP contribution in [-0.2, 0) is 4.79 Å². The third-order valence-electron chi connectivity index (χ3n) is 2.96. The van der Waals surface area contributed by atoms with Crippen molar-refractivity contribution < 1.29 is 14.7 Å². The summed E-state index contributed by atoms with van der Waals surface area (Å²) in [7, 11) is 0. The Hall–Kier alpha value is -1.40. The maximum Gasteiger partial charge on any atom is 0.303 e. The zero-order valence-corrected chi connectivity index (χ0v) is 12.1. The molecule has 0 aliphatic carbocycles. The first kappa shape index (κ1) is 14.0. The monoisotopic (exact) mass is 297 g/mol. The highest BCUT2D eigenvalue weighted by Crippen LogP contribution is 2.29. The number of nitrogens with one attached hydrogen (secondary N) is 1. The molecule has 6 heteroatoms. The summed E-state index contributed by atoms with van der Waals surface area (Å²) < 4.78 is 2.24. The molecule has 19 heavy (non-hydrogen) atoms. The minimum Gasteiger partial charge on any atom is -0.481 e. The molecule has 0 saturated heterocycles. The molecule has 102 valence electrons. The van der Waals surface area contributed by atoms with E-state index in [9.17, 15) is 9.59 Å². The van der Waals surface area contributed by atoms with Crippen LogP contribution in [0.25, 0.3) is 9.40 Å². The van der Waals surface area contributed by atoms with Gasteiger partial charge in [-0.15, -0.1) is 22.7 Å². The van der Waals surface area contributed by atoms with Crippen LogP contribution in [0.5, 0.6) is 0 Å². The fourth-order valence-electron chi connectivity index (χ4n) is 1.81. The molecule has 0 aliphatic rings. The van der Waals surface area contributed by atoms with Crippen molar-refractivity contribution in [3.63, 3.8) is 0 Å². The summed E-state index contributed by atoms with van der Waals surface area (Å²) in [6.07, 6.45) is 0.836. The molecular formula is C13H15NO3S2. The number of carbonyl (C=O) groups is 2. The van der Waals surface area contributed by atoms with Crippen LogP contribution in [0.3, 0.4) is 0 Å². The van der Waals surface area contributed by atoms with Crippen LogP contribution in [0, 0.1) is 5.92 Å². The fraction of sp³-hybridized carbons (Fsp3) is 0.385. The Morgan fingerprint density at radius 3 is 2.84 bits per heavy atom. The summed E-state index contributed by atoms with van der Waals surface area (Å²) in [6.45, 7) is 2.34. The van der Waals surface area contributed by atoms with Crippen molar-refractivity contribution in [1.29, 1.82) is 0 Å². The minimum atomic E-state index is -0.822. The SMILES string of the molecule is CCC(CNC(=O)c1cc2sccc2s1)CC(=O)O. The Labute approximate surface area is 119 Å². The predicted octanol–water partition coefficient (Wildman–Crippen LogP) is 3.19. The zero-order valence-electron chi connectivity index (χ0n) is 10.5. The lowest BCUT2D eigenvalue weighted by Crippen LogP contribution is -2.29. The van der Waals surface area contributed by atoms with Crippen molar-refractivity contribution in [2.24, 2.45) is 5.92 Å². The Morgan fingerprint density at radius 1 is 1.42 bits per heavy atom. The van der Waals surface area contributed by atoms with Crippen molar-refractivity contribution in [2.75, 3.05) is 6.54 Å². The highest BCUT2D eigenvalue weighted by Gasteiger charge is 2.15. The van der Waals surface area contributed by atoms with Crippen LogP contribution in [0.1, 0.15) is 29.4 Å². The van der Waals surface area contributed by atoms with E-state index >= 15 is 0 Å². The normalized spacial score (nSPS) is 12.5. The van der Waals surface area contributed by atoms with E-state index in [1.54, 1.807) is 11.3 Å². The summed E-state index contributed by atoms with van der Waals surface area (Å²) in [5.74, 6) is -0.947. The molecule has 2 N–H and O–H groups in total. The van der Waals surface area contributed by atoms with Crippen molar-refractivity contribution in [1.82, 2.24) is 5.32 Å². The molecule has 1 atom stereocenters. The van der Waals surface area contributed by atoms with Gasteiger partial charge in [0.1, 0.15) is 0 Å². The molecule has 0 aromatic carbocycles. The van der Waals surface area contributed by atoms with Crippen LogP contribution in [0.15, 0.2) is 17.5 Å². The van der Waals surface area contributed by atoms with E-state index in [-0.39, 0.29) is 18.2 Å². The van der Waals surface area contributed by atoms with Gasteiger partial charge in [0.2, 0.25) is 0 Å². The van der Waals surface area contributed by atoms with E-state index in [2.05, 4.69) is 5.32 Å². The van der Waals surface area contributed by atoms with Crippen LogP contribution in [0.4, 0.5) is 0 Å². The van der Waals surface area contributed by atoms with Gasteiger partial charge >= 0.3 is 5.97 Å². The quantitative estimate of drug-likeness (QED) is 0.860. The van der Waals surface area contributed by atoms with Gasteiger partial charge in [-0.1, -0.05) is 13.3 Å². The number of thiophene rings is 2. The molecule has 1 unspecified atom stereocenters. The number of rotatable bonds is 6. The molecule has 0 spiro atoms. The highest BCUT2D eigenvalue weighted by molar-refractivity contribution is 7.27. The molecule has 4 nitrogen and oxygen atoms in total. The average molecular weight is 297 g/mol. The van der Waals surface area contributed by atoms with Crippen LogP contribution in [0.2, 0.25) is 0 Å². The first-order valence-corrected chi connectivity index (χ1v) is 7.76. The van der Waals surface area contributed by atoms with Crippen LogP contribution in [-0.4, -0.2) is 23.5 Å². The molecule has 0 saturated carbocycles. The molecule has 0 radical (unpaired) electrons. The lowest BCUT2D eigenvalue weighted by Gasteiger charge is -2.12. The molecule has 0 bridgehead atoms. The standard InChI is InChI=1S/C13H15NO3S2/c1-2-8(5-12(15)16)7-14-13(17)11-6-10-9(19-11)3-4-18-10/h3-4,6,8H,2,5,7H2,1H3,(H,14,17)(H,15,16). The Balaban J connectivity index is 1.93. The number of amides is 1. The lowest BCUT2D eigenvalue weighted by atomic mass is 10.0. The van der Waals surface area contributed by atoms with Gasteiger partial charge in [-0.2, -0.15) is 0 Å². The second-order valence-electron chi connectivity index (χ2n) is 4.34. The van der Waals surface area contributed by atoms with Crippen molar-refractivity contribution in [3.05, 3.63) is 22.4 Å². The molecular weight excluding hydrogens is 282 g/mol. The Bertz CT molecular complexity index is 559. The third-order valence-corrected chi connectivity index (χ3v) is 5.05. The minimum absolute atomic E-state index is 0.0115. The van der Waals surface area contributed by atoms with Gasteiger partial charge in [-0.05, 0) is 23.4 Å². The number of carbonyl (C=O) groups excluding carboxylic acids is 1. The topological polar surface area (TPSA) is 66.4 Å². The van der Waals surface area contributed by atoms with E-state index in [1.165, 1.54) is 11.3 Å². The second kappa shape index (κ2) is 6.16. The Morgan fingerprint density at radius 2 is 2.21 bits per heavy atom. The second-order valence-corrected chi connectivity index (χ2v) is 6.37. The number of fused-ring (bicyclic) bond motifs is 1. The number of hydrogen-bond donors (Lipinski definition) is 2. The van der Waals surface area contributed by atoms with Gasteiger partial charge in [0.25, 0.3) is 5.91 Å². The summed E-state index contributed by atoms with van der Waals surface area (Å²) >= 11 is 3.08. The predicted molar refractivity (Wildman–Crippen MR) is 78.1 cm³/mol. The highest BCUT2D eigenvalue weighted by atomic mass is 32.1. The van der Waals surface area contributed by atoms with Crippen LogP contribution >= 0.6 is 22.7 Å². The number of carboxylic acids is 1. The van der Waals surface area contributed by atoms with E-state index in [1.807, 2.05) is 24.4 Å². The lowest BCUT2D eigenvalue weighted by molar-refractivity contribution is -0.138. The van der Waals surface area contributed by atoms with Crippen molar-refractivity contribution in [2.45, 2.75) is 19.8 Å². The molecule has 2 aromatic heterocycles. The summed E-state index contributed by atoms with van der Waals surface area (Å²) in [4.78, 5) is 23.3. The summed E-state index contributed by atoms with van der Waals surface area (Å²) in [5.41, 5.74) is 0. The molecule has 2 heterocycles. The molecule has 0 aliphatic heterocycles. The van der Waals surface area contributed by atoms with Crippen LogP contribution < -0.4 is 5.32 Å². The van der Waals surface area contributed by atoms with Gasteiger partial charge in [0.15, 0.2) is 0 Å². The number of aliphatic carboxylic acids is 1. The number of hydrogen-bond acceptors (Lipinski definition) is 4. The van der Waals surface area contributed by atoms with E-state index < -0.39 is 5.97 Å². The summed E-state index contributed by atoms with van der Waals surface area (Å²) in [6, 6.07) is 3.89. The van der Waals surface area contributed by atoms with E-state index in [0.717, 1.165) is 15.8 Å².